The van der Waals surface area contributed by atoms with Gasteiger partial charge in [0.25, 0.3) is 11.8 Å². The lowest BCUT2D eigenvalue weighted by atomic mass is 10.1. The van der Waals surface area contributed by atoms with Crippen molar-refractivity contribution in [3.05, 3.63) is 58.9 Å². The van der Waals surface area contributed by atoms with Crippen molar-refractivity contribution in [3.63, 3.8) is 0 Å². The number of benzene rings is 1. The van der Waals surface area contributed by atoms with Gasteiger partial charge in [-0.1, -0.05) is 6.07 Å². The SMILES string of the molecule is COCCCNC(=O)c1cncc(C(=O)Nc2ccc(C)c(C)c2)c1. The topological polar surface area (TPSA) is 80.3 Å². The highest BCUT2D eigenvalue weighted by atomic mass is 16.5. The Morgan fingerprint density at radius 2 is 1.76 bits per heavy atom. The summed E-state index contributed by atoms with van der Waals surface area (Å²) in [6, 6.07) is 7.25. The van der Waals surface area contributed by atoms with Gasteiger partial charge >= 0.3 is 0 Å². The maximum absolute atomic E-state index is 12.4. The van der Waals surface area contributed by atoms with Crippen LogP contribution in [0.3, 0.4) is 0 Å². The highest BCUT2D eigenvalue weighted by Crippen LogP contribution is 2.15. The van der Waals surface area contributed by atoms with Gasteiger partial charge in [0.15, 0.2) is 0 Å². The summed E-state index contributed by atoms with van der Waals surface area (Å²) in [5, 5.41) is 5.60. The van der Waals surface area contributed by atoms with E-state index in [0.717, 1.165) is 17.5 Å². The van der Waals surface area contributed by atoms with Crippen molar-refractivity contribution in [3.8, 4) is 0 Å². The van der Waals surface area contributed by atoms with Crippen LogP contribution in [0.15, 0.2) is 36.7 Å². The number of methoxy groups -OCH3 is 1. The maximum Gasteiger partial charge on any atom is 0.257 e. The number of anilines is 1. The molecular weight excluding hydrogens is 318 g/mol. The maximum atomic E-state index is 12.4. The molecular formula is C19H23N3O3. The van der Waals surface area contributed by atoms with E-state index in [1.165, 1.54) is 18.5 Å². The monoisotopic (exact) mass is 341 g/mol. The van der Waals surface area contributed by atoms with Gasteiger partial charge in [-0.2, -0.15) is 0 Å². The van der Waals surface area contributed by atoms with E-state index in [-0.39, 0.29) is 11.8 Å². The van der Waals surface area contributed by atoms with Crippen LogP contribution in [0.1, 0.15) is 38.3 Å². The number of aromatic nitrogens is 1. The molecule has 0 spiro atoms. The fourth-order valence-electron chi connectivity index (χ4n) is 2.23. The van der Waals surface area contributed by atoms with Crippen LogP contribution in [-0.2, 0) is 4.74 Å². The van der Waals surface area contributed by atoms with Gasteiger partial charge in [0, 0.05) is 38.3 Å². The summed E-state index contributed by atoms with van der Waals surface area (Å²) in [5.74, 6) is -0.561. The molecule has 0 atom stereocenters. The molecule has 0 saturated heterocycles. The van der Waals surface area contributed by atoms with E-state index < -0.39 is 0 Å². The van der Waals surface area contributed by atoms with E-state index in [1.807, 2.05) is 32.0 Å². The predicted octanol–water partition coefficient (Wildman–Crippen LogP) is 2.72. The second-order valence-electron chi connectivity index (χ2n) is 5.82. The number of nitrogens with one attached hydrogen (secondary N) is 2. The molecule has 0 radical (unpaired) electrons. The number of rotatable bonds is 7. The van der Waals surface area contributed by atoms with E-state index in [1.54, 1.807) is 7.11 Å². The van der Waals surface area contributed by atoms with Crippen molar-refractivity contribution >= 4 is 17.5 Å². The number of hydrogen-bond donors (Lipinski definition) is 2. The van der Waals surface area contributed by atoms with Crippen LogP contribution in [0.2, 0.25) is 0 Å². The Hall–Kier alpha value is -2.73. The third-order valence-corrected chi connectivity index (χ3v) is 3.84. The molecule has 1 aromatic carbocycles. The summed E-state index contributed by atoms with van der Waals surface area (Å²) in [6.07, 6.45) is 3.61. The third-order valence-electron chi connectivity index (χ3n) is 3.84. The lowest BCUT2D eigenvalue weighted by Crippen LogP contribution is -2.25. The van der Waals surface area contributed by atoms with Gasteiger partial charge in [-0.05, 0) is 49.6 Å². The average Bonchev–Trinajstić information content (AvgIpc) is 2.62. The summed E-state index contributed by atoms with van der Waals surface area (Å²) < 4.78 is 4.94. The first-order valence-corrected chi connectivity index (χ1v) is 8.12. The van der Waals surface area contributed by atoms with Crippen molar-refractivity contribution in [2.24, 2.45) is 0 Å². The Balaban J connectivity index is 2.03. The molecule has 0 aliphatic heterocycles. The number of aryl methyl sites for hydroxylation is 2. The zero-order chi connectivity index (χ0) is 18.2. The minimum Gasteiger partial charge on any atom is -0.385 e. The van der Waals surface area contributed by atoms with Crippen LogP contribution >= 0.6 is 0 Å². The summed E-state index contributed by atoms with van der Waals surface area (Å²) in [5.41, 5.74) is 3.65. The van der Waals surface area contributed by atoms with Crippen molar-refractivity contribution in [2.45, 2.75) is 20.3 Å². The van der Waals surface area contributed by atoms with Crippen LogP contribution < -0.4 is 10.6 Å². The second kappa shape index (κ2) is 8.94. The fraction of sp³-hybridized carbons (Fsp3) is 0.316. The average molecular weight is 341 g/mol. The minimum atomic E-state index is -0.301. The molecule has 6 heteroatoms. The van der Waals surface area contributed by atoms with Gasteiger partial charge in [-0.15, -0.1) is 0 Å². The standard InChI is InChI=1S/C19H23N3O3/c1-13-5-6-17(9-14(13)2)22-19(24)16-10-15(11-20-12-16)18(23)21-7-4-8-25-3/h5-6,9-12H,4,7-8H2,1-3H3,(H,21,23)(H,22,24). The number of carbonyl (C=O) groups excluding carboxylic acids is 2. The zero-order valence-corrected chi connectivity index (χ0v) is 14.8. The molecule has 2 aromatic rings. The molecule has 0 aliphatic carbocycles. The van der Waals surface area contributed by atoms with E-state index in [0.29, 0.717) is 30.0 Å². The van der Waals surface area contributed by atoms with Crippen molar-refractivity contribution in [1.82, 2.24) is 10.3 Å². The number of pyridine rings is 1. The molecule has 2 rings (SSSR count). The van der Waals surface area contributed by atoms with Gasteiger partial charge in [-0.25, -0.2) is 0 Å². The molecule has 1 aromatic heterocycles. The van der Waals surface area contributed by atoms with Crippen LogP contribution in [0.5, 0.6) is 0 Å². The molecule has 2 N–H and O–H groups in total. The molecule has 0 aliphatic rings. The van der Waals surface area contributed by atoms with E-state index in [2.05, 4.69) is 15.6 Å². The number of amides is 2. The Kier molecular flexibility index (Phi) is 6.65. The molecule has 0 unspecified atom stereocenters. The van der Waals surface area contributed by atoms with Crippen molar-refractivity contribution in [1.29, 1.82) is 0 Å². The number of hydrogen-bond acceptors (Lipinski definition) is 4. The van der Waals surface area contributed by atoms with Crippen LogP contribution in [0.25, 0.3) is 0 Å². The Morgan fingerprint density at radius 1 is 1.04 bits per heavy atom. The fourth-order valence-corrected chi connectivity index (χ4v) is 2.23. The molecule has 1 heterocycles. The normalized spacial score (nSPS) is 10.4. The highest BCUT2D eigenvalue weighted by molar-refractivity contribution is 6.05. The number of nitrogens with zero attached hydrogens (tertiary/aromatic N) is 1. The first-order valence-electron chi connectivity index (χ1n) is 8.12. The Bertz CT molecular complexity index is 759. The molecule has 132 valence electrons. The van der Waals surface area contributed by atoms with E-state index in [9.17, 15) is 9.59 Å². The van der Waals surface area contributed by atoms with Gasteiger partial charge in [0.05, 0.1) is 11.1 Å². The summed E-state index contributed by atoms with van der Waals surface area (Å²) in [7, 11) is 1.61. The largest absolute Gasteiger partial charge is 0.385 e. The molecule has 0 saturated carbocycles. The first kappa shape index (κ1) is 18.6. The van der Waals surface area contributed by atoms with Crippen LogP contribution in [0, 0.1) is 13.8 Å². The first-order chi connectivity index (χ1) is 12.0. The number of ether oxygens (including phenoxy) is 1. The van der Waals surface area contributed by atoms with Gasteiger partial charge in [-0.3, -0.25) is 14.6 Å². The van der Waals surface area contributed by atoms with Gasteiger partial charge in [0.1, 0.15) is 0 Å². The van der Waals surface area contributed by atoms with Crippen molar-refractivity contribution < 1.29 is 14.3 Å². The van der Waals surface area contributed by atoms with Crippen molar-refractivity contribution in [2.75, 3.05) is 25.6 Å². The minimum absolute atomic E-state index is 0.260. The van der Waals surface area contributed by atoms with Crippen LogP contribution in [-0.4, -0.2) is 37.1 Å². The smallest absolute Gasteiger partial charge is 0.257 e. The predicted molar refractivity (Wildman–Crippen MR) is 96.9 cm³/mol. The Morgan fingerprint density at radius 3 is 2.44 bits per heavy atom. The Labute approximate surface area is 147 Å². The van der Waals surface area contributed by atoms with Gasteiger partial charge < -0.3 is 15.4 Å². The quantitative estimate of drug-likeness (QED) is 0.759. The summed E-state index contributed by atoms with van der Waals surface area (Å²) >= 11 is 0. The third kappa shape index (κ3) is 5.39. The second-order valence-corrected chi connectivity index (χ2v) is 5.82. The molecule has 25 heavy (non-hydrogen) atoms. The van der Waals surface area contributed by atoms with Gasteiger partial charge in [0.2, 0.25) is 0 Å². The summed E-state index contributed by atoms with van der Waals surface area (Å²) in [6.45, 7) is 5.09. The lowest BCUT2D eigenvalue weighted by molar-refractivity contribution is 0.0948. The summed E-state index contributed by atoms with van der Waals surface area (Å²) in [4.78, 5) is 28.5. The highest BCUT2D eigenvalue weighted by Gasteiger charge is 2.11. The molecule has 6 nitrogen and oxygen atoms in total. The zero-order valence-electron chi connectivity index (χ0n) is 14.8. The molecule has 0 fully saturated rings. The molecule has 0 bridgehead atoms. The van der Waals surface area contributed by atoms with E-state index >= 15 is 0 Å². The number of carbonyl (C=O) groups is 2. The lowest BCUT2D eigenvalue weighted by Gasteiger charge is -2.09. The van der Waals surface area contributed by atoms with Crippen LogP contribution in [0.4, 0.5) is 5.69 Å². The molecule has 2 amide bonds. The van der Waals surface area contributed by atoms with E-state index in [4.69, 9.17) is 4.74 Å².